The van der Waals surface area contributed by atoms with E-state index in [0.717, 1.165) is 0 Å². The molecule has 0 spiro atoms. The average molecular weight is 254 g/mol. The van der Waals surface area contributed by atoms with Crippen LogP contribution in [-0.4, -0.2) is 55.3 Å². The molecule has 0 aliphatic heterocycles. The van der Waals surface area contributed by atoms with E-state index < -0.39 is 10.4 Å². The molecule has 0 radical (unpaired) electrons. The third kappa shape index (κ3) is 15.5. The maximum atomic E-state index is 10.7. The van der Waals surface area contributed by atoms with Gasteiger partial charge in [-0.1, -0.05) is 6.58 Å². The molecule has 0 aromatic heterocycles. The molecule has 8 heteroatoms. The van der Waals surface area contributed by atoms with Crippen LogP contribution in [0.2, 0.25) is 0 Å². The maximum Gasteiger partial charge on any atom is 0.334 e. The lowest BCUT2D eigenvalue weighted by molar-refractivity contribution is -0.914. The Bertz CT molecular complexity index is 321. The fourth-order valence-corrected chi connectivity index (χ4v) is 0.374. The van der Waals surface area contributed by atoms with E-state index in [-0.39, 0.29) is 12.2 Å². The van der Waals surface area contributed by atoms with E-state index in [1.807, 2.05) is 28.1 Å². The first-order chi connectivity index (χ1) is 6.88. The minimum Gasteiger partial charge on any atom is -0.759 e. The van der Waals surface area contributed by atoms with Crippen molar-refractivity contribution in [2.24, 2.45) is 0 Å². The second-order valence-corrected chi connectivity index (χ2v) is 4.58. The van der Waals surface area contributed by atoms with Gasteiger partial charge in [0.25, 0.3) is 0 Å². The van der Waals surface area contributed by atoms with Crippen LogP contribution in [0.4, 0.5) is 0 Å². The number of nitrogens with zero attached hydrogens (tertiary/aromatic N) is 1. The highest BCUT2D eigenvalue weighted by Crippen LogP contribution is 2.03. The Hall–Kier alpha value is -0.960. The Labute approximate surface area is 95.5 Å². The molecule has 0 aliphatic carbocycles. The number of carbonyl (C=O) groups is 1. The lowest BCUT2D eigenvalue weighted by Gasteiger charge is -2.29. The van der Waals surface area contributed by atoms with Crippen LogP contribution in [0.3, 0.4) is 0 Å². The van der Waals surface area contributed by atoms with E-state index in [1.165, 1.54) is 6.08 Å². The zero-order chi connectivity index (χ0) is 13.6. The molecule has 1 unspecified atom stereocenters. The third-order valence-electron chi connectivity index (χ3n) is 1.54. The van der Waals surface area contributed by atoms with Gasteiger partial charge in [-0.15, -0.1) is 0 Å². The summed E-state index contributed by atoms with van der Waals surface area (Å²) in [5, 5.41) is 0. The number of quaternary nitrogens is 1. The molecule has 0 bridgehead atoms. The van der Waals surface area contributed by atoms with Crippen molar-refractivity contribution in [2.45, 2.75) is 13.2 Å². The number of rotatable bonds is 3. The Morgan fingerprint density at radius 2 is 1.69 bits per heavy atom. The van der Waals surface area contributed by atoms with E-state index in [0.29, 0.717) is 4.48 Å². The summed E-state index contributed by atoms with van der Waals surface area (Å²) in [5.41, 5.74) is 0. The molecule has 0 N–H and O–H groups in total. The molecule has 96 valence electrons. The van der Waals surface area contributed by atoms with Crippen LogP contribution in [-0.2, 0) is 19.9 Å². The predicted octanol–water partition coefficient (Wildman–Crippen LogP) is -0.570. The molecule has 0 fully saturated rings. The number of ether oxygens (including phenoxy) is 1. The molecule has 0 aromatic rings. The van der Waals surface area contributed by atoms with Gasteiger partial charge >= 0.3 is 5.97 Å². The van der Waals surface area contributed by atoms with Crippen LogP contribution in [0, 0.1) is 0 Å². The Balaban J connectivity index is 0. The van der Waals surface area contributed by atoms with Gasteiger partial charge in [-0.2, -0.15) is 0 Å². The SMILES string of the molecule is C=CC(=O)OC(C)[N+](C)(C)C.O=S(=O)([O-])[O-]. The largest absolute Gasteiger partial charge is 0.759 e. The highest BCUT2D eigenvalue weighted by atomic mass is 32.3. The molecular formula is C8H16NO6S-. The average Bonchev–Trinajstić information content (AvgIpc) is 1.99. The van der Waals surface area contributed by atoms with Crippen molar-refractivity contribution in [3.8, 4) is 0 Å². The minimum atomic E-state index is -5.17. The summed E-state index contributed by atoms with van der Waals surface area (Å²) in [6.07, 6.45) is 1.03. The molecule has 0 saturated carbocycles. The first-order valence-electron chi connectivity index (χ1n) is 4.18. The van der Waals surface area contributed by atoms with Gasteiger partial charge in [0.05, 0.1) is 21.1 Å². The van der Waals surface area contributed by atoms with Gasteiger partial charge in [0.2, 0.25) is 6.23 Å². The minimum absolute atomic E-state index is 0.138. The molecule has 7 nitrogen and oxygen atoms in total. The maximum absolute atomic E-state index is 10.7. The fraction of sp³-hybridized carbons (Fsp3) is 0.625. The zero-order valence-electron chi connectivity index (χ0n) is 9.67. The number of esters is 1. The normalized spacial score (nSPS) is 13.1. The van der Waals surface area contributed by atoms with Crippen molar-refractivity contribution in [2.75, 3.05) is 21.1 Å². The first kappa shape index (κ1) is 17.4. The Morgan fingerprint density at radius 3 is 1.88 bits per heavy atom. The van der Waals surface area contributed by atoms with Crippen molar-refractivity contribution in [3.05, 3.63) is 12.7 Å². The van der Waals surface area contributed by atoms with E-state index in [2.05, 4.69) is 6.58 Å². The van der Waals surface area contributed by atoms with Crippen molar-refractivity contribution >= 4 is 16.4 Å². The monoisotopic (exact) mass is 254 g/mol. The number of carbonyl (C=O) groups excluding carboxylic acids is 1. The molecule has 1 atom stereocenters. The van der Waals surface area contributed by atoms with Gasteiger partial charge < -0.3 is 13.8 Å². The van der Waals surface area contributed by atoms with Crippen LogP contribution in [0.15, 0.2) is 12.7 Å². The van der Waals surface area contributed by atoms with Crippen molar-refractivity contribution < 1.29 is 31.5 Å². The standard InChI is InChI=1S/C8H16NO2.H2O4S/c1-6-8(10)11-7(2)9(3,4)5;1-5(2,3)4/h6-7H,1H2,2-5H3;(H2,1,2,3,4)/q+1;/p-2. The van der Waals surface area contributed by atoms with Crippen molar-refractivity contribution in [1.29, 1.82) is 0 Å². The van der Waals surface area contributed by atoms with Gasteiger partial charge in [0, 0.05) is 23.4 Å². The summed E-state index contributed by atoms with van der Waals surface area (Å²) < 4.78 is 39.7. The molecular weight excluding hydrogens is 238 g/mol. The van der Waals surface area contributed by atoms with E-state index in [1.54, 1.807) is 0 Å². The van der Waals surface area contributed by atoms with Gasteiger partial charge in [0.15, 0.2) is 0 Å². The predicted molar refractivity (Wildman–Crippen MR) is 54.3 cm³/mol. The zero-order valence-corrected chi connectivity index (χ0v) is 10.5. The molecule has 0 amide bonds. The smallest absolute Gasteiger partial charge is 0.334 e. The lowest BCUT2D eigenvalue weighted by atomic mass is 10.5. The van der Waals surface area contributed by atoms with Crippen molar-refractivity contribution in [3.63, 3.8) is 0 Å². The van der Waals surface area contributed by atoms with Crippen LogP contribution >= 0.6 is 0 Å². The quantitative estimate of drug-likeness (QED) is 0.167. The van der Waals surface area contributed by atoms with Gasteiger partial charge in [0.1, 0.15) is 0 Å². The highest BCUT2D eigenvalue weighted by molar-refractivity contribution is 7.79. The summed E-state index contributed by atoms with van der Waals surface area (Å²) >= 11 is 0. The van der Waals surface area contributed by atoms with Crippen LogP contribution in [0.5, 0.6) is 0 Å². The lowest BCUT2D eigenvalue weighted by Crippen LogP contribution is -2.45. The molecule has 0 aliphatic rings. The summed E-state index contributed by atoms with van der Waals surface area (Å²) in [7, 11) is 0.711. The van der Waals surface area contributed by atoms with E-state index in [4.69, 9.17) is 22.3 Å². The molecule has 16 heavy (non-hydrogen) atoms. The molecule has 0 aromatic carbocycles. The summed E-state index contributed by atoms with van der Waals surface area (Å²) in [6.45, 7) is 5.16. The summed E-state index contributed by atoms with van der Waals surface area (Å²) in [5.74, 6) is -0.370. The van der Waals surface area contributed by atoms with Crippen LogP contribution < -0.4 is 0 Å². The van der Waals surface area contributed by atoms with Crippen LogP contribution in [0.1, 0.15) is 6.92 Å². The second-order valence-electron chi connectivity index (χ2n) is 3.76. The van der Waals surface area contributed by atoms with Gasteiger partial charge in [-0.3, -0.25) is 12.9 Å². The first-order valence-corrected chi connectivity index (χ1v) is 5.52. The van der Waals surface area contributed by atoms with Crippen molar-refractivity contribution in [1.82, 2.24) is 0 Å². The van der Waals surface area contributed by atoms with Gasteiger partial charge in [-0.25, -0.2) is 4.79 Å². The molecule has 0 heterocycles. The van der Waals surface area contributed by atoms with Gasteiger partial charge in [-0.05, 0) is 0 Å². The number of hydrogen-bond donors (Lipinski definition) is 0. The Kier molecular flexibility index (Phi) is 7.18. The van der Waals surface area contributed by atoms with E-state index >= 15 is 0 Å². The fourth-order valence-electron chi connectivity index (χ4n) is 0.374. The third-order valence-corrected chi connectivity index (χ3v) is 1.54. The second kappa shape index (κ2) is 6.59. The summed E-state index contributed by atoms with van der Waals surface area (Å²) in [4.78, 5) is 10.7. The summed E-state index contributed by atoms with van der Waals surface area (Å²) in [6, 6.07) is 0. The molecule has 0 saturated heterocycles. The highest BCUT2D eigenvalue weighted by Gasteiger charge is 2.20. The molecule has 0 rings (SSSR count). The Morgan fingerprint density at radius 1 is 1.38 bits per heavy atom. The van der Waals surface area contributed by atoms with Crippen LogP contribution in [0.25, 0.3) is 0 Å². The topological polar surface area (TPSA) is 107 Å². The van der Waals surface area contributed by atoms with E-state index in [9.17, 15) is 4.79 Å². The number of hydrogen-bond acceptors (Lipinski definition) is 6.